The Kier molecular flexibility index (Phi) is 2.68. The lowest BCUT2D eigenvalue weighted by Crippen LogP contribution is -2.01. The Bertz CT molecular complexity index is 513. The molecule has 0 unspecified atom stereocenters. The summed E-state index contributed by atoms with van der Waals surface area (Å²) in [5.74, 6) is 0.210. The third-order valence-electron chi connectivity index (χ3n) is 2.26. The van der Waals surface area contributed by atoms with Crippen molar-refractivity contribution < 1.29 is 4.39 Å². The minimum absolute atomic E-state index is 0.266. The highest BCUT2D eigenvalue weighted by molar-refractivity contribution is 5.69. The van der Waals surface area contributed by atoms with Crippen molar-refractivity contribution >= 4 is 17.2 Å². The van der Waals surface area contributed by atoms with Gasteiger partial charge in [0.2, 0.25) is 0 Å². The normalized spacial score (nSPS) is 10.1. The van der Waals surface area contributed by atoms with Crippen LogP contribution in [0.2, 0.25) is 0 Å². The molecule has 0 bridgehead atoms. The summed E-state index contributed by atoms with van der Waals surface area (Å²) in [7, 11) is 0. The summed E-state index contributed by atoms with van der Waals surface area (Å²) in [6, 6.07) is 4.80. The van der Waals surface area contributed by atoms with Crippen LogP contribution in [0.4, 0.5) is 21.6 Å². The van der Waals surface area contributed by atoms with Gasteiger partial charge in [-0.05, 0) is 19.1 Å². The molecule has 4 nitrogen and oxygen atoms in total. The predicted molar refractivity (Wildman–Crippen MR) is 60.9 cm³/mol. The summed E-state index contributed by atoms with van der Waals surface area (Å²) < 4.78 is 13.3. The molecule has 82 valence electrons. The van der Waals surface area contributed by atoms with E-state index < -0.39 is 0 Å². The van der Waals surface area contributed by atoms with E-state index in [1.54, 1.807) is 19.1 Å². The van der Waals surface area contributed by atoms with Gasteiger partial charge in [0, 0.05) is 11.3 Å². The third kappa shape index (κ3) is 1.93. The summed E-state index contributed by atoms with van der Waals surface area (Å²) >= 11 is 0. The number of hydrogen-bond donors (Lipinski definition) is 2. The summed E-state index contributed by atoms with van der Waals surface area (Å²) in [5, 5.41) is 2.97. The van der Waals surface area contributed by atoms with Crippen LogP contribution >= 0.6 is 0 Å². The van der Waals surface area contributed by atoms with Gasteiger partial charge >= 0.3 is 0 Å². The molecule has 0 radical (unpaired) electrons. The van der Waals surface area contributed by atoms with Crippen molar-refractivity contribution in [2.75, 3.05) is 11.1 Å². The van der Waals surface area contributed by atoms with E-state index >= 15 is 0 Å². The quantitative estimate of drug-likeness (QED) is 0.811. The summed E-state index contributed by atoms with van der Waals surface area (Å²) in [6.45, 7) is 1.69. The molecule has 5 heteroatoms. The van der Waals surface area contributed by atoms with Gasteiger partial charge in [-0.3, -0.25) is 0 Å². The van der Waals surface area contributed by atoms with E-state index in [4.69, 9.17) is 5.73 Å². The molecule has 16 heavy (non-hydrogen) atoms. The van der Waals surface area contributed by atoms with Crippen molar-refractivity contribution in [2.24, 2.45) is 0 Å². The average molecular weight is 218 g/mol. The van der Waals surface area contributed by atoms with Crippen LogP contribution in [-0.2, 0) is 0 Å². The van der Waals surface area contributed by atoms with Gasteiger partial charge in [-0.15, -0.1) is 0 Å². The number of halogens is 1. The minimum Gasteiger partial charge on any atom is -0.394 e. The number of nitrogens with one attached hydrogen (secondary N) is 1. The number of nitrogens with two attached hydrogens (primary N) is 1. The number of anilines is 3. The highest BCUT2D eigenvalue weighted by Crippen LogP contribution is 2.23. The van der Waals surface area contributed by atoms with Crippen LogP contribution in [0.1, 0.15) is 5.56 Å². The van der Waals surface area contributed by atoms with Crippen LogP contribution in [0.25, 0.3) is 0 Å². The maximum absolute atomic E-state index is 13.3. The first-order chi connectivity index (χ1) is 7.68. The highest BCUT2D eigenvalue weighted by Gasteiger charge is 2.05. The predicted octanol–water partition coefficient (Wildman–Crippen LogP) is 2.25. The SMILES string of the molecule is Cc1c(F)cccc1Nc1ncncc1N. The van der Waals surface area contributed by atoms with E-state index in [0.29, 0.717) is 22.8 Å². The van der Waals surface area contributed by atoms with E-state index in [9.17, 15) is 4.39 Å². The molecular formula is C11H11FN4. The molecule has 0 aliphatic rings. The fraction of sp³-hybridized carbons (Fsp3) is 0.0909. The number of nitrogens with zero attached hydrogens (tertiary/aromatic N) is 2. The molecule has 0 aliphatic carbocycles. The number of benzene rings is 1. The second-order valence-corrected chi connectivity index (χ2v) is 3.36. The molecule has 1 aromatic carbocycles. The monoisotopic (exact) mass is 218 g/mol. The van der Waals surface area contributed by atoms with Crippen molar-refractivity contribution in [2.45, 2.75) is 6.92 Å². The Labute approximate surface area is 92.3 Å². The molecule has 0 spiro atoms. The van der Waals surface area contributed by atoms with Gasteiger partial charge in [0.25, 0.3) is 0 Å². The van der Waals surface area contributed by atoms with Gasteiger partial charge in [-0.2, -0.15) is 0 Å². The number of hydrogen-bond acceptors (Lipinski definition) is 4. The lowest BCUT2D eigenvalue weighted by atomic mass is 10.2. The second kappa shape index (κ2) is 4.14. The summed E-state index contributed by atoms with van der Waals surface area (Å²) in [6.07, 6.45) is 2.87. The Morgan fingerprint density at radius 1 is 1.38 bits per heavy atom. The molecule has 0 amide bonds. The smallest absolute Gasteiger partial charge is 0.157 e. The van der Waals surface area contributed by atoms with Gasteiger partial charge in [0.15, 0.2) is 5.82 Å². The van der Waals surface area contributed by atoms with Crippen molar-refractivity contribution in [3.8, 4) is 0 Å². The topological polar surface area (TPSA) is 63.8 Å². The molecular weight excluding hydrogens is 207 g/mol. The standard InChI is InChI=1S/C11H11FN4/c1-7-8(12)3-2-4-10(7)16-11-9(13)5-14-6-15-11/h2-6H,13H2,1H3,(H,14,15,16). The molecule has 1 aromatic heterocycles. The first-order valence-corrected chi connectivity index (χ1v) is 4.76. The zero-order valence-corrected chi connectivity index (χ0v) is 8.74. The molecule has 0 saturated carbocycles. The first-order valence-electron chi connectivity index (χ1n) is 4.76. The molecule has 1 heterocycles. The molecule has 0 saturated heterocycles. The van der Waals surface area contributed by atoms with Crippen molar-refractivity contribution in [3.63, 3.8) is 0 Å². The fourth-order valence-electron chi connectivity index (χ4n) is 1.32. The Balaban J connectivity index is 2.35. The van der Waals surface area contributed by atoms with Crippen LogP contribution < -0.4 is 11.1 Å². The van der Waals surface area contributed by atoms with Crippen molar-refractivity contribution in [3.05, 3.63) is 42.1 Å². The van der Waals surface area contributed by atoms with Gasteiger partial charge < -0.3 is 11.1 Å². The van der Waals surface area contributed by atoms with Gasteiger partial charge in [0.1, 0.15) is 12.1 Å². The minimum atomic E-state index is -0.266. The van der Waals surface area contributed by atoms with Crippen molar-refractivity contribution in [1.82, 2.24) is 9.97 Å². The third-order valence-corrected chi connectivity index (χ3v) is 2.26. The first kappa shape index (κ1) is 10.4. The zero-order valence-electron chi connectivity index (χ0n) is 8.74. The number of rotatable bonds is 2. The summed E-state index contributed by atoms with van der Waals surface area (Å²) in [5.41, 5.74) is 7.27. The van der Waals surface area contributed by atoms with Crippen LogP contribution in [0, 0.1) is 12.7 Å². The maximum atomic E-state index is 13.3. The maximum Gasteiger partial charge on any atom is 0.157 e. The van der Waals surface area contributed by atoms with Gasteiger partial charge in [-0.1, -0.05) is 6.07 Å². The Morgan fingerprint density at radius 2 is 2.19 bits per heavy atom. The highest BCUT2D eigenvalue weighted by atomic mass is 19.1. The second-order valence-electron chi connectivity index (χ2n) is 3.36. The van der Waals surface area contributed by atoms with Crippen LogP contribution in [-0.4, -0.2) is 9.97 Å². The van der Waals surface area contributed by atoms with E-state index in [2.05, 4.69) is 15.3 Å². The Morgan fingerprint density at radius 3 is 2.94 bits per heavy atom. The number of aromatic nitrogens is 2. The molecule has 0 fully saturated rings. The van der Waals surface area contributed by atoms with Crippen LogP contribution in [0.15, 0.2) is 30.7 Å². The zero-order chi connectivity index (χ0) is 11.5. The van der Waals surface area contributed by atoms with Gasteiger partial charge in [-0.25, -0.2) is 14.4 Å². The van der Waals surface area contributed by atoms with E-state index in [1.165, 1.54) is 18.6 Å². The van der Waals surface area contributed by atoms with E-state index in [0.717, 1.165) is 0 Å². The molecule has 3 N–H and O–H groups in total. The summed E-state index contributed by atoms with van der Waals surface area (Å²) in [4.78, 5) is 7.75. The number of nitrogen functional groups attached to an aromatic ring is 1. The molecule has 2 aromatic rings. The fourth-order valence-corrected chi connectivity index (χ4v) is 1.32. The Hall–Kier alpha value is -2.17. The van der Waals surface area contributed by atoms with Crippen LogP contribution in [0.3, 0.4) is 0 Å². The molecule has 0 atom stereocenters. The molecule has 2 rings (SSSR count). The van der Waals surface area contributed by atoms with E-state index in [-0.39, 0.29) is 5.82 Å². The van der Waals surface area contributed by atoms with Crippen LogP contribution in [0.5, 0.6) is 0 Å². The largest absolute Gasteiger partial charge is 0.394 e. The lowest BCUT2D eigenvalue weighted by molar-refractivity contribution is 0.619. The lowest BCUT2D eigenvalue weighted by Gasteiger charge is -2.10. The van der Waals surface area contributed by atoms with E-state index in [1.807, 2.05) is 0 Å². The van der Waals surface area contributed by atoms with Gasteiger partial charge in [0.05, 0.1) is 11.9 Å². The van der Waals surface area contributed by atoms with Crippen molar-refractivity contribution in [1.29, 1.82) is 0 Å². The average Bonchev–Trinajstić information content (AvgIpc) is 2.28. The molecule has 0 aliphatic heterocycles.